The van der Waals surface area contributed by atoms with Crippen LogP contribution in [0.15, 0.2) is 0 Å². The summed E-state index contributed by atoms with van der Waals surface area (Å²) >= 11 is 3.46. The molecule has 20 heavy (non-hydrogen) atoms. The molecule has 2 fully saturated rings. The highest BCUT2D eigenvalue weighted by Crippen LogP contribution is 2.28. The minimum atomic E-state index is -3.41. The van der Waals surface area contributed by atoms with E-state index in [4.69, 9.17) is 0 Å². The van der Waals surface area contributed by atoms with Crippen LogP contribution in [-0.4, -0.2) is 45.0 Å². The Kier molecular flexibility index (Phi) is 5.53. The molecule has 0 bridgehead atoms. The minimum absolute atomic E-state index is 0.00772. The number of halogens is 1. The van der Waals surface area contributed by atoms with Crippen molar-refractivity contribution in [3.05, 3.63) is 0 Å². The quantitative estimate of drug-likeness (QED) is 0.739. The van der Waals surface area contributed by atoms with Gasteiger partial charge in [-0.15, -0.1) is 0 Å². The largest absolute Gasteiger partial charge is 0.229 e. The summed E-state index contributed by atoms with van der Waals surface area (Å²) in [6.45, 7) is 0. The first-order valence-electron chi connectivity index (χ1n) is 7.11. The van der Waals surface area contributed by atoms with Crippen molar-refractivity contribution in [2.24, 2.45) is 5.92 Å². The van der Waals surface area contributed by atoms with Gasteiger partial charge in [-0.2, -0.15) is 0 Å². The Morgan fingerprint density at radius 2 is 1.65 bits per heavy atom. The number of hydrogen-bond donors (Lipinski definition) is 1. The Balaban J connectivity index is 2.00. The fourth-order valence-corrected chi connectivity index (χ4v) is 7.38. The molecule has 118 valence electrons. The SMILES string of the molecule is O=S1(=O)CCC(S(=O)(=O)NC2CCCCC2CBr)CC1. The van der Waals surface area contributed by atoms with Crippen LogP contribution in [0.5, 0.6) is 0 Å². The van der Waals surface area contributed by atoms with Crippen molar-refractivity contribution in [2.45, 2.75) is 49.8 Å². The predicted molar refractivity (Wildman–Crippen MR) is 83.3 cm³/mol. The van der Waals surface area contributed by atoms with Crippen molar-refractivity contribution < 1.29 is 16.8 Å². The lowest BCUT2D eigenvalue weighted by Crippen LogP contribution is -2.48. The van der Waals surface area contributed by atoms with E-state index in [1.165, 1.54) is 0 Å². The van der Waals surface area contributed by atoms with E-state index >= 15 is 0 Å². The summed E-state index contributed by atoms with van der Waals surface area (Å²) in [5, 5.41) is 0.253. The third kappa shape index (κ3) is 4.18. The van der Waals surface area contributed by atoms with Gasteiger partial charge in [-0.3, -0.25) is 0 Å². The van der Waals surface area contributed by atoms with E-state index < -0.39 is 25.1 Å². The van der Waals surface area contributed by atoms with Gasteiger partial charge in [0.05, 0.1) is 16.8 Å². The third-order valence-electron chi connectivity index (χ3n) is 4.36. The predicted octanol–water partition coefficient (Wildman–Crippen LogP) is 1.44. The number of nitrogens with one attached hydrogen (secondary N) is 1. The highest BCUT2D eigenvalue weighted by atomic mass is 79.9. The second kappa shape index (κ2) is 6.62. The fourth-order valence-electron chi connectivity index (χ4n) is 3.03. The van der Waals surface area contributed by atoms with Gasteiger partial charge in [-0.05, 0) is 31.6 Å². The number of alkyl halides is 1. The number of hydrogen-bond acceptors (Lipinski definition) is 4. The van der Waals surface area contributed by atoms with Crippen LogP contribution in [0.1, 0.15) is 38.5 Å². The fraction of sp³-hybridized carbons (Fsp3) is 1.00. The lowest BCUT2D eigenvalue weighted by Gasteiger charge is -2.32. The van der Waals surface area contributed by atoms with Gasteiger partial charge in [0, 0.05) is 11.4 Å². The number of rotatable bonds is 4. The molecule has 0 aromatic carbocycles. The Morgan fingerprint density at radius 1 is 1.05 bits per heavy atom. The van der Waals surface area contributed by atoms with Gasteiger partial charge in [0.15, 0.2) is 0 Å². The van der Waals surface area contributed by atoms with Crippen LogP contribution in [0, 0.1) is 5.92 Å². The van der Waals surface area contributed by atoms with Crippen LogP contribution >= 0.6 is 15.9 Å². The molecule has 1 heterocycles. The molecule has 0 aromatic heterocycles. The van der Waals surface area contributed by atoms with Gasteiger partial charge in [0.1, 0.15) is 9.84 Å². The second-order valence-corrected chi connectivity index (χ2v) is 10.8. The van der Waals surface area contributed by atoms with E-state index in [1.54, 1.807) is 0 Å². The van der Waals surface area contributed by atoms with Crippen LogP contribution in [0.25, 0.3) is 0 Å². The molecular weight excluding hydrogens is 366 g/mol. The van der Waals surface area contributed by atoms with E-state index in [0.717, 1.165) is 31.0 Å². The molecule has 0 radical (unpaired) electrons. The molecule has 0 spiro atoms. The smallest absolute Gasteiger partial charge is 0.214 e. The first-order chi connectivity index (χ1) is 9.34. The summed E-state index contributed by atoms with van der Waals surface area (Å²) in [5.74, 6) is 0.321. The van der Waals surface area contributed by atoms with Gasteiger partial charge >= 0.3 is 0 Å². The Hall–Kier alpha value is 0.340. The molecule has 0 amide bonds. The second-order valence-electron chi connectivity index (χ2n) is 5.82. The zero-order valence-electron chi connectivity index (χ0n) is 11.4. The van der Waals surface area contributed by atoms with Crippen molar-refractivity contribution in [3.8, 4) is 0 Å². The summed E-state index contributed by atoms with van der Waals surface area (Å²) in [6, 6.07) is -0.00772. The van der Waals surface area contributed by atoms with Crippen molar-refractivity contribution >= 4 is 35.8 Å². The summed E-state index contributed by atoms with van der Waals surface area (Å²) in [7, 11) is -6.44. The Bertz CT molecular complexity index is 518. The average molecular weight is 388 g/mol. The van der Waals surface area contributed by atoms with Gasteiger partial charge < -0.3 is 0 Å². The van der Waals surface area contributed by atoms with Gasteiger partial charge in [0.25, 0.3) is 0 Å². The van der Waals surface area contributed by atoms with Crippen LogP contribution in [0.3, 0.4) is 0 Å². The number of sulfone groups is 1. The molecule has 2 atom stereocenters. The summed E-state index contributed by atoms with van der Waals surface area (Å²) in [4.78, 5) is 0. The summed E-state index contributed by atoms with van der Waals surface area (Å²) in [5.41, 5.74) is 0. The van der Waals surface area contributed by atoms with E-state index in [9.17, 15) is 16.8 Å². The molecule has 2 rings (SSSR count). The van der Waals surface area contributed by atoms with Gasteiger partial charge in [-0.25, -0.2) is 21.6 Å². The monoisotopic (exact) mass is 387 g/mol. The maximum Gasteiger partial charge on any atom is 0.214 e. The summed E-state index contributed by atoms with van der Waals surface area (Å²) < 4.78 is 50.4. The average Bonchev–Trinajstić information content (AvgIpc) is 2.38. The Morgan fingerprint density at radius 3 is 2.25 bits per heavy atom. The minimum Gasteiger partial charge on any atom is -0.229 e. The highest BCUT2D eigenvalue weighted by molar-refractivity contribution is 9.09. The molecule has 1 N–H and O–H groups in total. The maximum atomic E-state index is 12.4. The van der Waals surface area contributed by atoms with Crippen molar-refractivity contribution in [2.75, 3.05) is 16.8 Å². The molecule has 0 aromatic rings. The highest BCUT2D eigenvalue weighted by Gasteiger charge is 2.36. The van der Waals surface area contributed by atoms with Gasteiger partial charge in [0.2, 0.25) is 10.0 Å². The maximum absolute atomic E-state index is 12.4. The standard InChI is InChI=1S/C12H22BrNO4S2/c13-9-10-3-1-2-4-12(10)14-20(17,18)11-5-7-19(15,16)8-6-11/h10-12,14H,1-9H2. The zero-order chi connectivity index (χ0) is 14.8. The molecule has 2 unspecified atom stereocenters. The van der Waals surface area contributed by atoms with Crippen molar-refractivity contribution in [3.63, 3.8) is 0 Å². The molecule has 1 saturated heterocycles. The lowest BCUT2D eigenvalue weighted by molar-refractivity contribution is 0.315. The van der Waals surface area contributed by atoms with Crippen molar-refractivity contribution in [1.29, 1.82) is 0 Å². The molecule has 5 nitrogen and oxygen atoms in total. The molecule has 8 heteroatoms. The van der Waals surface area contributed by atoms with Crippen molar-refractivity contribution in [1.82, 2.24) is 4.72 Å². The first kappa shape index (κ1) is 16.7. The zero-order valence-corrected chi connectivity index (χ0v) is 14.6. The van der Waals surface area contributed by atoms with Crippen LogP contribution in [0.4, 0.5) is 0 Å². The first-order valence-corrected chi connectivity index (χ1v) is 11.6. The lowest BCUT2D eigenvalue weighted by atomic mass is 9.87. The molecular formula is C12H22BrNO4S2. The molecule has 1 aliphatic carbocycles. The topological polar surface area (TPSA) is 80.3 Å². The molecule has 2 aliphatic rings. The Labute approximate surface area is 130 Å². The van der Waals surface area contributed by atoms with Crippen LogP contribution in [0.2, 0.25) is 0 Å². The van der Waals surface area contributed by atoms with E-state index in [1.807, 2.05) is 0 Å². The van der Waals surface area contributed by atoms with Gasteiger partial charge in [-0.1, -0.05) is 28.8 Å². The third-order valence-corrected chi connectivity index (χ3v) is 8.89. The van der Waals surface area contributed by atoms with E-state index in [2.05, 4.69) is 20.7 Å². The normalized spacial score (nSPS) is 32.0. The number of sulfonamides is 1. The molecule has 1 saturated carbocycles. The summed E-state index contributed by atoms with van der Waals surface area (Å²) in [6.07, 6.45) is 4.57. The van der Waals surface area contributed by atoms with E-state index in [0.29, 0.717) is 5.92 Å². The molecule has 1 aliphatic heterocycles. The van der Waals surface area contributed by atoms with Crippen LogP contribution < -0.4 is 4.72 Å². The van der Waals surface area contributed by atoms with E-state index in [-0.39, 0.29) is 30.4 Å². The van der Waals surface area contributed by atoms with Crippen LogP contribution in [-0.2, 0) is 19.9 Å².